The highest BCUT2D eigenvalue weighted by Crippen LogP contribution is 2.22. The minimum absolute atomic E-state index is 0.112. The monoisotopic (exact) mass is 403 g/mol. The quantitative estimate of drug-likeness (QED) is 0.502. The molecule has 7 nitrogen and oxygen atoms in total. The van der Waals surface area contributed by atoms with Gasteiger partial charge in [-0.25, -0.2) is 0 Å². The van der Waals surface area contributed by atoms with E-state index in [2.05, 4.69) is 15.5 Å². The molecule has 1 atom stereocenters. The maximum Gasteiger partial charge on any atom is 0.261 e. The minimum atomic E-state index is -0.674. The van der Waals surface area contributed by atoms with E-state index in [9.17, 15) is 4.79 Å². The molecule has 4 aromatic rings. The topological polar surface area (TPSA) is 86.5 Å². The standard InChI is InChI=1S/C23H21N3O4/c1-15(29-20-11-10-16-6-3-4-7-17(16)12-20)23(27)24-14-21-25-22(26-30-21)18-8-5-9-19(13-18)28-2/h3-13,15H,14H2,1-2H3,(H,24,27)/t15-/m0/s1. The molecule has 152 valence electrons. The molecule has 0 unspecified atom stereocenters. The van der Waals surface area contributed by atoms with Gasteiger partial charge in [0.1, 0.15) is 11.5 Å². The molecule has 7 heteroatoms. The van der Waals surface area contributed by atoms with Crippen LogP contribution >= 0.6 is 0 Å². The Morgan fingerprint density at radius 1 is 1.03 bits per heavy atom. The van der Waals surface area contributed by atoms with Gasteiger partial charge in [-0.1, -0.05) is 47.6 Å². The highest BCUT2D eigenvalue weighted by atomic mass is 16.5. The van der Waals surface area contributed by atoms with Crippen LogP contribution in [0.25, 0.3) is 22.2 Å². The average molecular weight is 403 g/mol. The van der Waals surface area contributed by atoms with E-state index in [1.165, 1.54) is 0 Å². The molecule has 0 aliphatic carbocycles. The fourth-order valence-corrected chi connectivity index (χ4v) is 3.01. The predicted molar refractivity (Wildman–Crippen MR) is 112 cm³/mol. The maximum atomic E-state index is 12.4. The van der Waals surface area contributed by atoms with Gasteiger partial charge in [0.15, 0.2) is 6.10 Å². The van der Waals surface area contributed by atoms with E-state index in [0.29, 0.717) is 23.2 Å². The first-order valence-electron chi connectivity index (χ1n) is 9.52. The van der Waals surface area contributed by atoms with Crippen LogP contribution in [0.1, 0.15) is 12.8 Å². The van der Waals surface area contributed by atoms with Gasteiger partial charge >= 0.3 is 0 Å². The van der Waals surface area contributed by atoms with E-state index in [4.69, 9.17) is 14.0 Å². The highest BCUT2D eigenvalue weighted by molar-refractivity contribution is 5.84. The molecule has 0 aliphatic rings. The van der Waals surface area contributed by atoms with Crippen molar-refractivity contribution in [3.05, 3.63) is 72.6 Å². The molecule has 0 saturated heterocycles. The van der Waals surface area contributed by atoms with Crippen LogP contribution in [0.2, 0.25) is 0 Å². The van der Waals surface area contributed by atoms with Crippen molar-refractivity contribution >= 4 is 16.7 Å². The second-order valence-electron chi connectivity index (χ2n) is 6.73. The lowest BCUT2D eigenvalue weighted by Crippen LogP contribution is -2.35. The van der Waals surface area contributed by atoms with Gasteiger partial charge in [-0.2, -0.15) is 4.98 Å². The highest BCUT2D eigenvalue weighted by Gasteiger charge is 2.16. The molecule has 0 saturated carbocycles. The minimum Gasteiger partial charge on any atom is -0.497 e. The van der Waals surface area contributed by atoms with E-state index in [-0.39, 0.29) is 12.5 Å². The lowest BCUT2D eigenvalue weighted by atomic mass is 10.1. The summed E-state index contributed by atoms with van der Waals surface area (Å²) in [5, 5.41) is 8.89. The number of carbonyl (C=O) groups excluding carboxylic acids is 1. The number of aromatic nitrogens is 2. The van der Waals surface area contributed by atoms with Crippen LogP contribution in [-0.4, -0.2) is 29.3 Å². The largest absolute Gasteiger partial charge is 0.497 e. The molecule has 3 aromatic carbocycles. The summed E-state index contributed by atoms with van der Waals surface area (Å²) in [5.41, 5.74) is 0.767. The Balaban J connectivity index is 1.35. The first-order chi connectivity index (χ1) is 14.6. The van der Waals surface area contributed by atoms with Gasteiger partial charge in [0, 0.05) is 5.56 Å². The molecule has 0 spiro atoms. The van der Waals surface area contributed by atoms with Crippen LogP contribution in [0.3, 0.4) is 0 Å². The van der Waals surface area contributed by atoms with E-state index < -0.39 is 6.10 Å². The van der Waals surface area contributed by atoms with Gasteiger partial charge in [0.05, 0.1) is 13.7 Å². The summed E-state index contributed by atoms with van der Waals surface area (Å²) in [5.74, 6) is 1.79. The number of fused-ring (bicyclic) bond motifs is 1. The fraction of sp³-hybridized carbons (Fsp3) is 0.174. The number of methoxy groups -OCH3 is 1. The van der Waals surface area contributed by atoms with Crippen molar-refractivity contribution in [1.29, 1.82) is 0 Å². The Labute approximate surface area is 173 Å². The zero-order valence-corrected chi connectivity index (χ0v) is 16.7. The van der Waals surface area contributed by atoms with Crippen molar-refractivity contribution < 1.29 is 18.8 Å². The van der Waals surface area contributed by atoms with Crippen LogP contribution in [0.4, 0.5) is 0 Å². The van der Waals surface area contributed by atoms with Gasteiger partial charge < -0.3 is 19.3 Å². The van der Waals surface area contributed by atoms with Crippen molar-refractivity contribution in [1.82, 2.24) is 15.5 Å². The van der Waals surface area contributed by atoms with Gasteiger partial charge in [0.2, 0.25) is 11.7 Å². The molecule has 1 aromatic heterocycles. The molecule has 0 bridgehead atoms. The number of amides is 1. The lowest BCUT2D eigenvalue weighted by molar-refractivity contribution is -0.127. The Morgan fingerprint density at radius 2 is 1.87 bits per heavy atom. The second-order valence-corrected chi connectivity index (χ2v) is 6.73. The Kier molecular flexibility index (Phi) is 5.61. The third-order valence-electron chi connectivity index (χ3n) is 4.61. The summed E-state index contributed by atoms with van der Waals surface area (Å²) in [7, 11) is 1.59. The fourth-order valence-electron chi connectivity index (χ4n) is 3.01. The van der Waals surface area contributed by atoms with E-state index >= 15 is 0 Å². The zero-order valence-electron chi connectivity index (χ0n) is 16.7. The third-order valence-corrected chi connectivity index (χ3v) is 4.61. The Bertz CT molecular complexity index is 1170. The van der Waals surface area contributed by atoms with Crippen LogP contribution in [0.15, 0.2) is 71.3 Å². The van der Waals surface area contributed by atoms with Gasteiger partial charge in [-0.15, -0.1) is 0 Å². The van der Waals surface area contributed by atoms with Crippen LogP contribution < -0.4 is 14.8 Å². The summed E-state index contributed by atoms with van der Waals surface area (Å²) in [6.07, 6.45) is -0.674. The molecular formula is C23H21N3O4. The Hall–Kier alpha value is -3.87. The van der Waals surface area contributed by atoms with E-state index in [0.717, 1.165) is 16.3 Å². The molecule has 4 rings (SSSR count). The number of benzene rings is 3. The van der Waals surface area contributed by atoms with Gasteiger partial charge in [-0.05, 0) is 42.0 Å². The number of nitrogens with one attached hydrogen (secondary N) is 1. The normalized spacial score (nSPS) is 11.8. The number of hydrogen-bond acceptors (Lipinski definition) is 6. The van der Waals surface area contributed by atoms with Crippen LogP contribution in [0.5, 0.6) is 11.5 Å². The molecule has 0 aliphatic heterocycles. The first kappa shape index (κ1) is 19.4. The van der Waals surface area contributed by atoms with E-state index in [1.807, 2.05) is 66.7 Å². The zero-order chi connectivity index (χ0) is 20.9. The smallest absolute Gasteiger partial charge is 0.261 e. The molecule has 30 heavy (non-hydrogen) atoms. The van der Waals surface area contributed by atoms with Crippen molar-refractivity contribution in [3.63, 3.8) is 0 Å². The second kappa shape index (κ2) is 8.65. The SMILES string of the molecule is COc1cccc(-c2noc(CNC(=O)[C@H](C)Oc3ccc4ccccc4c3)n2)c1. The number of rotatable bonds is 7. The maximum absolute atomic E-state index is 12.4. The number of nitrogens with zero attached hydrogens (tertiary/aromatic N) is 2. The molecule has 0 radical (unpaired) electrons. The van der Waals surface area contributed by atoms with Crippen molar-refractivity contribution in [2.75, 3.05) is 7.11 Å². The lowest BCUT2D eigenvalue weighted by Gasteiger charge is -2.14. The average Bonchev–Trinajstić information content (AvgIpc) is 3.26. The van der Waals surface area contributed by atoms with Crippen LogP contribution in [0, 0.1) is 0 Å². The summed E-state index contributed by atoms with van der Waals surface area (Å²) in [4.78, 5) is 16.7. The number of ether oxygens (including phenoxy) is 2. The molecule has 0 fully saturated rings. The molecule has 1 heterocycles. The predicted octanol–water partition coefficient (Wildman–Crippen LogP) is 3.98. The summed E-state index contributed by atoms with van der Waals surface area (Å²) in [6.45, 7) is 1.81. The third kappa shape index (κ3) is 4.41. The first-order valence-corrected chi connectivity index (χ1v) is 9.52. The van der Waals surface area contributed by atoms with Crippen molar-refractivity contribution in [2.45, 2.75) is 19.6 Å². The Morgan fingerprint density at radius 3 is 2.70 bits per heavy atom. The van der Waals surface area contributed by atoms with E-state index in [1.54, 1.807) is 14.0 Å². The van der Waals surface area contributed by atoms with Gasteiger partial charge in [0.25, 0.3) is 5.91 Å². The summed E-state index contributed by atoms with van der Waals surface area (Å²) < 4.78 is 16.2. The molecular weight excluding hydrogens is 382 g/mol. The molecule has 1 N–H and O–H groups in total. The van der Waals surface area contributed by atoms with Crippen molar-refractivity contribution in [2.24, 2.45) is 0 Å². The number of hydrogen-bond donors (Lipinski definition) is 1. The molecule has 1 amide bonds. The summed E-state index contributed by atoms with van der Waals surface area (Å²) in [6, 6.07) is 21.1. The number of carbonyl (C=O) groups is 1. The van der Waals surface area contributed by atoms with Crippen molar-refractivity contribution in [3.8, 4) is 22.9 Å². The van der Waals surface area contributed by atoms with Crippen LogP contribution in [-0.2, 0) is 11.3 Å². The summed E-state index contributed by atoms with van der Waals surface area (Å²) >= 11 is 0. The van der Waals surface area contributed by atoms with Gasteiger partial charge in [-0.3, -0.25) is 4.79 Å².